The maximum atomic E-state index is 12.4. The van der Waals surface area contributed by atoms with Gasteiger partial charge in [0, 0.05) is 11.6 Å². The molecule has 2 aromatic rings. The molecule has 0 bridgehead atoms. The van der Waals surface area contributed by atoms with Gasteiger partial charge in [0.1, 0.15) is 0 Å². The van der Waals surface area contributed by atoms with Crippen LogP contribution in [-0.4, -0.2) is 36.2 Å². The van der Waals surface area contributed by atoms with Gasteiger partial charge >= 0.3 is 0 Å². The van der Waals surface area contributed by atoms with E-state index in [1.165, 1.54) is 18.3 Å². The van der Waals surface area contributed by atoms with E-state index in [4.69, 9.17) is 11.6 Å². The maximum absolute atomic E-state index is 12.4. The fraction of sp³-hybridized carbons (Fsp3) is 0.368. The van der Waals surface area contributed by atoms with Crippen molar-refractivity contribution in [2.24, 2.45) is 0 Å². The standard InChI is InChI=1S/C19H23ClN2O2S/c1-4-22(5-2)16(14-8-6-7-9-15(14)20)12-21-19(24)18-11-10-17(25-18)13(3)23/h6-11,16H,4-5,12H2,1-3H3,(H,21,24). The Kier molecular flexibility index (Phi) is 7.17. The van der Waals surface area contributed by atoms with E-state index in [9.17, 15) is 9.59 Å². The molecule has 0 radical (unpaired) electrons. The average Bonchev–Trinajstić information content (AvgIpc) is 3.10. The van der Waals surface area contributed by atoms with Crippen LogP contribution in [0.15, 0.2) is 36.4 Å². The number of thiophene rings is 1. The fourth-order valence-corrected chi connectivity index (χ4v) is 3.85. The number of nitrogens with one attached hydrogen (secondary N) is 1. The lowest BCUT2D eigenvalue weighted by molar-refractivity contribution is 0.0938. The zero-order chi connectivity index (χ0) is 18.4. The van der Waals surface area contributed by atoms with E-state index in [0.717, 1.165) is 18.7 Å². The summed E-state index contributed by atoms with van der Waals surface area (Å²) >= 11 is 7.59. The molecule has 2 rings (SSSR count). The number of hydrogen-bond donors (Lipinski definition) is 1. The van der Waals surface area contributed by atoms with Crippen LogP contribution in [0.25, 0.3) is 0 Å². The molecule has 1 atom stereocenters. The number of benzene rings is 1. The van der Waals surface area contributed by atoms with E-state index in [1.807, 2.05) is 24.3 Å². The van der Waals surface area contributed by atoms with Gasteiger partial charge in [-0.2, -0.15) is 0 Å². The van der Waals surface area contributed by atoms with Gasteiger partial charge in [-0.25, -0.2) is 0 Å². The van der Waals surface area contributed by atoms with Crippen molar-refractivity contribution >= 4 is 34.6 Å². The summed E-state index contributed by atoms with van der Waals surface area (Å²) in [6.07, 6.45) is 0. The van der Waals surface area contributed by atoms with E-state index in [2.05, 4.69) is 24.1 Å². The normalized spacial score (nSPS) is 12.2. The Morgan fingerprint density at radius 1 is 1.12 bits per heavy atom. The van der Waals surface area contributed by atoms with Crippen molar-refractivity contribution in [3.05, 3.63) is 56.7 Å². The molecule has 0 saturated carbocycles. The second-order valence-corrected chi connectivity index (χ2v) is 7.18. The molecule has 0 aliphatic carbocycles. The molecule has 1 N–H and O–H groups in total. The number of ketones is 1. The molecule has 6 heteroatoms. The lowest BCUT2D eigenvalue weighted by Crippen LogP contribution is -2.38. The molecule has 0 spiro atoms. The van der Waals surface area contributed by atoms with Crippen LogP contribution in [0, 0.1) is 0 Å². The summed E-state index contributed by atoms with van der Waals surface area (Å²) in [5, 5.41) is 3.68. The molecule has 1 heterocycles. The summed E-state index contributed by atoms with van der Waals surface area (Å²) in [5.74, 6) is -0.192. The molecule has 0 aliphatic heterocycles. The number of carbonyl (C=O) groups excluding carboxylic acids is 2. The first-order valence-corrected chi connectivity index (χ1v) is 9.54. The van der Waals surface area contributed by atoms with E-state index in [0.29, 0.717) is 21.3 Å². The van der Waals surface area contributed by atoms with Crippen molar-refractivity contribution in [2.45, 2.75) is 26.8 Å². The zero-order valence-corrected chi connectivity index (χ0v) is 16.3. The first-order valence-electron chi connectivity index (χ1n) is 8.35. The van der Waals surface area contributed by atoms with Crippen LogP contribution < -0.4 is 5.32 Å². The highest BCUT2D eigenvalue weighted by Gasteiger charge is 2.21. The highest BCUT2D eigenvalue weighted by atomic mass is 35.5. The Balaban J connectivity index is 2.15. The summed E-state index contributed by atoms with van der Waals surface area (Å²) in [6, 6.07) is 11.1. The van der Waals surface area contributed by atoms with E-state index < -0.39 is 0 Å². The topological polar surface area (TPSA) is 49.4 Å². The third-order valence-corrected chi connectivity index (χ3v) is 5.68. The number of Topliss-reactive ketones (excluding diaryl/α,β-unsaturated/α-hetero) is 1. The lowest BCUT2D eigenvalue weighted by atomic mass is 10.0. The van der Waals surface area contributed by atoms with Crippen molar-refractivity contribution in [3.63, 3.8) is 0 Å². The minimum absolute atomic E-state index is 0.000102. The minimum atomic E-state index is -0.165. The summed E-state index contributed by atoms with van der Waals surface area (Å²) in [7, 11) is 0. The van der Waals surface area contributed by atoms with Crippen LogP contribution in [0.1, 0.15) is 51.7 Å². The number of rotatable bonds is 8. The third-order valence-electron chi connectivity index (χ3n) is 4.15. The smallest absolute Gasteiger partial charge is 0.261 e. The SMILES string of the molecule is CCN(CC)C(CNC(=O)c1ccc(C(C)=O)s1)c1ccccc1Cl. The summed E-state index contributed by atoms with van der Waals surface area (Å²) in [4.78, 5) is 27.2. The second-order valence-electron chi connectivity index (χ2n) is 5.69. The zero-order valence-electron chi connectivity index (χ0n) is 14.7. The first kappa shape index (κ1) is 19.6. The number of hydrogen-bond acceptors (Lipinski definition) is 4. The third kappa shape index (κ3) is 4.91. The number of carbonyl (C=O) groups is 2. The van der Waals surface area contributed by atoms with Gasteiger partial charge in [0.05, 0.1) is 15.8 Å². The summed E-state index contributed by atoms with van der Waals surface area (Å²) in [6.45, 7) is 7.85. The quantitative estimate of drug-likeness (QED) is 0.692. The molecule has 0 aliphatic rings. The molecule has 0 fully saturated rings. The van der Waals surface area contributed by atoms with Gasteiger partial charge in [0.15, 0.2) is 5.78 Å². The molecule has 1 aromatic carbocycles. The van der Waals surface area contributed by atoms with E-state index >= 15 is 0 Å². The van der Waals surface area contributed by atoms with Gasteiger partial charge in [-0.3, -0.25) is 14.5 Å². The van der Waals surface area contributed by atoms with Crippen LogP contribution in [-0.2, 0) is 0 Å². The van der Waals surface area contributed by atoms with Crippen LogP contribution in [0.2, 0.25) is 5.02 Å². The largest absolute Gasteiger partial charge is 0.349 e. The molecule has 1 aromatic heterocycles. The summed E-state index contributed by atoms with van der Waals surface area (Å²) < 4.78 is 0. The van der Waals surface area contributed by atoms with Gasteiger partial charge in [-0.15, -0.1) is 11.3 Å². The van der Waals surface area contributed by atoms with Crippen molar-refractivity contribution in [1.82, 2.24) is 10.2 Å². The molecular formula is C19H23ClN2O2S. The predicted molar refractivity (Wildman–Crippen MR) is 104 cm³/mol. The van der Waals surface area contributed by atoms with Gasteiger partial charge < -0.3 is 5.32 Å². The van der Waals surface area contributed by atoms with Crippen molar-refractivity contribution in [2.75, 3.05) is 19.6 Å². The van der Waals surface area contributed by atoms with Gasteiger partial charge in [-0.05, 0) is 43.8 Å². The van der Waals surface area contributed by atoms with Gasteiger partial charge in [0.25, 0.3) is 5.91 Å². The Labute approximate surface area is 157 Å². The number of likely N-dealkylation sites (N-methyl/N-ethyl adjacent to an activating group) is 1. The van der Waals surface area contributed by atoms with Crippen molar-refractivity contribution in [3.8, 4) is 0 Å². The molecule has 1 amide bonds. The van der Waals surface area contributed by atoms with E-state index in [-0.39, 0.29) is 17.7 Å². The molecule has 134 valence electrons. The minimum Gasteiger partial charge on any atom is -0.349 e. The summed E-state index contributed by atoms with van der Waals surface area (Å²) in [5.41, 5.74) is 1.00. The monoisotopic (exact) mass is 378 g/mol. The first-order chi connectivity index (χ1) is 12.0. The van der Waals surface area contributed by atoms with Gasteiger partial charge in [0.2, 0.25) is 0 Å². The Bertz CT molecular complexity index is 741. The Hall–Kier alpha value is -1.69. The highest BCUT2D eigenvalue weighted by Crippen LogP contribution is 2.27. The second kappa shape index (κ2) is 9.13. The van der Waals surface area contributed by atoms with Crippen LogP contribution in [0.5, 0.6) is 0 Å². The molecule has 25 heavy (non-hydrogen) atoms. The molecule has 0 saturated heterocycles. The number of nitrogens with zero attached hydrogens (tertiary/aromatic N) is 1. The number of halogens is 1. The highest BCUT2D eigenvalue weighted by molar-refractivity contribution is 7.15. The molecular weight excluding hydrogens is 356 g/mol. The average molecular weight is 379 g/mol. The lowest BCUT2D eigenvalue weighted by Gasteiger charge is -2.30. The van der Waals surface area contributed by atoms with Crippen LogP contribution in [0.4, 0.5) is 0 Å². The Morgan fingerprint density at radius 2 is 1.76 bits per heavy atom. The van der Waals surface area contributed by atoms with Crippen LogP contribution >= 0.6 is 22.9 Å². The van der Waals surface area contributed by atoms with Crippen molar-refractivity contribution < 1.29 is 9.59 Å². The molecule has 4 nitrogen and oxygen atoms in total. The number of amides is 1. The van der Waals surface area contributed by atoms with Crippen molar-refractivity contribution in [1.29, 1.82) is 0 Å². The molecule has 1 unspecified atom stereocenters. The maximum Gasteiger partial charge on any atom is 0.261 e. The predicted octanol–water partition coefficient (Wildman–Crippen LogP) is 4.42. The fourth-order valence-electron chi connectivity index (χ4n) is 2.77. The van der Waals surface area contributed by atoms with E-state index in [1.54, 1.807) is 12.1 Å². The van der Waals surface area contributed by atoms with Crippen LogP contribution in [0.3, 0.4) is 0 Å². The van der Waals surface area contributed by atoms with Gasteiger partial charge in [-0.1, -0.05) is 43.6 Å². The Morgan fingerprint density at radius 3 is 2.32 bits per heavy atom.